The van der Waals surface area contributed by atoms with Crippen LogP contribution in [0.15, 0.2) is 34.2 Å². The van der Waals surface area contributed by atoms with Crippen LogP contribution < -0.4 is 0 Å². The summed E-state index contributed by atoms with van der Waals surface area (Å²) in [6.07, 6.45) is 4.04. The molecular weight excluding hydrogens is 436 g/mol. The van der Waals surface area contributed by atoms with Gasteiger partial charge in [0.05, 0.1) is 37.6 Å². The molecule has 2 saturated heterocycles. The summed E-state index contributed by atoms with van der Waals surface area (Å²) in [5, 5.41) is 0. The van der Waals surface area contributed by atoms with Gasteiger partial charge in [0.1, 0.15) is 18.0 Å². The fraction of sp³-hybridized carbons (Fsp3) is 0.667. The molecule has 0 spiro atoms. The Kier molecular flexibility index (Phi) is 4.44. The molecule has 4 fully saturated rings. The first-order valence-corrected chi connectivity index (χ1v) is 12.3. The highest BCUT2D eigenvalue weighted by atomic mass is 16.6. The second-order valence-electron chi connectivity index (χ2n) is 11.6. The molecule has 3 heterocycles. The topological polar surface area (TPSA) is 92.0 Å². The highest BCUT2D eigenvalue weighted by molar-refractivity contribution is 5.92. The van der Waals surface area contributed by atoms with E-state index in [9.17, 15) is 14.4 Å². The van der Waals surface area contributed by atoms with Crippen molar-refractivity contribution in [1.82, 2.24) is 0 Å². The van der Waals surface area contributed by atoms with Crippen LogP contribution in [0, 0.1) is 28.1 Å². The Labute approximate surface area is 199 Å². The van der Waals surface area contributed by atoms with Crippen molar-refractivity contribution in [1.29, 1.82) is 0 Å². The van der Waals surface area contributed by atoms with Crippen LogP contribution in [-0.2, 0) is 28.6 Å². The van der Waals surface area contributed by atoms with Gasteiger partial charge >= 0.3 is 11.9 Å². The average molecular weight is 469 g/mol. The van der Waals surface area contributed by atoms with Gasteiger partial charge in [0.2, 0.25) is 0 Å². The number of rotatable bonds is 3. The van der Waals surface area contributed by atoms with Crippen LogP contribution in [0.2, 0.25) is 0 Å². The highest BCUT2D eigenvalue weighted by Crippen LogP contribution is 2.72. The molecule has 3 aliphatic carbocycles. The quantitative estimate of drug-likeness (QED) is 0.490. The van der Waals surface area contributed by atoms with Gasteiger partial charge in [-0.3, -0.25) is 14.4 Å². The van der Waals surface area contributed by atoms with Gasteiger partial charge in [-0.2, -0.15) is 0 Å². The first-order valence-electron chi connectivity index (χ1n) is 12.3. The van der Waals surface area contributed by atoms with E-state index in [1.165, 1.54) is 12.7 Å². The largest absolute Gasteiger partial charge is 0.472 e. The van der Waals surface area contributed by atoms with E-state index in [1.807, 2.05) is 19.9 Å². The van der Waals surface area contributed by atoms with Crippen LogP contribution in [0.5, 0.6) is 0 Å². The van der Waals surface area contributed by atoms with Gasteiger partial charge in [0.15, 0.2) is 0 Å². The maximum atomic E-state index is 13.8. The Hall–Kier alpha value is -2.41. The molecule has 7 heteroatoms. The Balaban J connectivity index is 1.56. The van der Waals surface area contributed by atoms with Crippen LogP contribution in [0.4, 0.5) is 0 Å². The predicted octanol–water partition coefficient (Wildman–Crippen LogP) is 3.97. The van der Waals surface area contributed by atoms with E-state index in [1.54, 1.807) is 12.5 Å². The minimum absolute atomic E-state index is 0.0997. The maximum absolute atomic E-state index is 13.8. The third-order valence-electron chi connectivity index (χ3n) is 10.3. The Morgan fingerprint density at radius 2 is 1.97 bits per heavy atom. The van der Waals surface area contributed by atoms with Crippen LogP contribution in [0.25, 0.3) is 0 Å². The normalized spacial score (nSPS) is 46.7. The van der Waals surface area contributed by atoms with E-state index in [0.29, 0.717) is 12.8 Å². The Morgan fingerprint density at radius 1 is 1.21 bits per heavy atom. The van der Waals surface area contributed by atoms with E-state index < -0.39 is 28.5 Å². The molecule has 5 aliphatic rings. The third kappa shape index (κ3) is 2.39. The summed E-state index contributed by atoms with van der Waals surface area (Å²) < 4.78 is 23.3. The predicted molar refractivity (Wildman–Crippen MR) is 119 cm³/mol. The number of carbonyl (C=O) groups is 3. The molecule has 9 atom stereocenters. The molecule has 182 valence electrons. The standard InChI is InChI=1S/C27H32O7/c1-13-15(14-7-9-32-12-14)10-16-20(13)27(4)17(11-19(29)31-5)26(3)18(28)6-8-25(2)22(26)21(23(27)33-16)34-24(25)30/h7,9,12,15-17,21-23H,6,8,10-11H2,1-5H3/t15-,16-,17-,21-,22+,23-,25-,26+,27-/m1/s1. The average Bonchev–Trinajstić information content (AvgIpc) is 3.54. The molecule has 34 heavy (non-hydrogen) atoms. The van der Waals surface area contributed by atoms with Gasteiger partial charge in [-0.15, -0.1) is 0 Å². The van der Waals surface area contributed by atoms with Crippen LogP contribution in [0.3, 0.4) is 0 Å². The fourth-order valence-corrected chi connectivity index (χ4v) is 8.82. The first kappa shape index (κ1) is 22.1. The Bertz CT molecular complexity index is 1120. The zero-order valence-corrected chi connectivity index (χ0v) is 20.4. The summed E-state index contributed by atoms with van der Waals surface area (Å²) in [4.78, 5) is 39.8. The lowest BCUT2D eigenvalue weighted by Crippen LogP contribution is -2.67. The van der Waals surface area contributed by atoms with E-state index >= 15 is 0 Å². The summed E-state index contributed by atoms with van der Waals surface area (Å²) in [5.41, 5.74) is 1.15. The SMILES string of the molecule is COC(=O)C[C@H]1[C@]2(C)C3=C(C)[C@H](c4ccoc4)C[C@H]3O[C@@H]2[C@@H]2OC(=O)[C@]3(C)CCC(=O)[C@@]1(C)[C@@H]23. The molecule has 0 N–H and O–H groups in total. The zero-order chi connectivity index (χ0) is 24.2. The molecule has 0 aromatic carbocycles. The number of fused-ring (bicyclic) bond motifs is 4. The number of Topliss-reactive ketones (excluding diaryl/α,β-unsaturated/α-hetero) is 1. The monoisotopic (exact) mass is 468 g/mol. The number of hydrogen-bond donors (Lipinski definition) is 0. The van der Waals surface area contributed by atoms with Crippen molar-refractivity contribution in [2.45, 2.75) is 77.6 Å². The van der Waals surface area contributed by atoms with Crippen molar-refractivity contribution in [2.24, 2.45) is 28.1 Å². The highest BCUT2D eigenvalue weighted by Gasteiger charge is 2.78. The van der Waals surface area contributed by atoms with Crippen molar-refractivity contribution in [3.8, 4) is 0 Å². The number of allylic oxidation sites excluding steroid dienone is 1. The van der Waals surface area contributed by atoms with Crippen LogP contribution in [0.1, 0.15) is 64.9 Å². The Morgan fingerprint density at radius 3 is 2.65 bits per heavy atom. The molecule has 1 aromatic heterocycles. The van der Waals surface area contributed by atoms with Crippen molar-refractivity contribution < 1.29 is 33.0 Å². The van der Waals surface area contributed by atoms with Gasteiger partial charge < -0.3 is 18.6 Å². The summed E-state index contributed by atoms with van der Waals surface area (Å²) in [7, 11) is 1.38. The summed E-state index contributed by atoms with van der Waals surface area (Å²) >= 11 is 0. The third-order valence-corrected chi connectivity index (χ3v) is 10.3. The molecule has 0 unspecified atom stereocenters. The molecule has 6 rings (SSSR count). The smallest absolute Gasteiger partial charge is 0.312 e. The molecule has 7 nitrogen and oxygen atoms in total. The lowest BCUT2D eigenvalue weighted by atomic mass is 9.40. The summed E-state index contributed by atoms with van der Waals surface area (Å²) in [6, 6.07) is 1.98. The summed E-state index contributed by atoms with van der Waals surface area (Å²) in [6.45, 7) is 8.14. The van der Waals surface area contributed by atoms with Crippen molar-refractivity contribution in [3.63, 3.8) is 0 Å². The molecule has 2 saturated carbocycles. The number of furan rings is 1. The number of methoxy groups -OCH3 is 1. The van der Waals surface area contributed by atoms with Crippen molar-refractivity contribution in [3.05, 3.63) is 35.3 Å². The van der Waals surface area contributed by atoms with Crippen molar-refractivity contribution >= 4 is 17.7 Å². The van der Waals surface area contributed by atoms with E-state index in [-0.39, 0.29) is 48.0 Å². The van der Waals surface area contributed by atoms with Gasteiger partial charge in [-0.05, 0) is 49.8 Å². The lowest BCUT2D eigenvalue weighted by molar-refractivity contribution is -0.197. The second-order valence-corrected chi connectivity index (χ2v) is 11.6. The molecule has 0 bridgehead atoms. The van der Waals surface area contributed by atoms with Gasteiger partial charge in [0.25, 0.3) is 0 Å². The number of carbonyl (C=O) groups excluding carboxylic acids is 3. The summed E-state index contributed by atoms with van der Waals surface area (Å²) in [5.74, 6) is -1.02. The maximum Gasteiger partial charge on any atom is 0.312 e. The number of ketones is 1. The molecule has 1 aromatic rings. The van der Waals surface area contributed by atoms with E-state index in [2.05, 4.69) is 13.8 Å². The first-order chi connectivity index (χ1) is 16.1. The van der Waals surface area contributed by atoms with Gasteiger partial charge in [-0.25, -0.2) is 0 Å². The lowest BCUT2D eigenvalue weighted by Gasteiger charge is -2.60. The van der Waals surface area contributed by atoms with E-state index in [0.717, 1.165) is 17.6 Å². The zero-order valence-electron chi connectivity index (χ0n) is 20.4. The fourth-order valence-electron chi connectivity index (χ4n) is 8.82. The number of esters is 2. The second kappa shape index (κ2) is 6.84. The molecule has 0 amide bonds. The number of hydrogen-bond acceptors (Lipinski definition) is 7. The van der Waals surface area contributed by atoms with E-state index in [4.69, 9.17) is 18.6 Å². The van der Waals surface area contributed by atoms with Gasteiger partial charge in [0, 0.05) is 29.1 Å². The molecule has 0 radical (unpaired) electrons. The van der Waals surface area contributed by atoms with Crippen molar-refractivity contribution in [2.75, 3.05) is 7.11 Å². The minimum Gasteiger partial charge on any atom is -0.472 e. The molecular formula is C27H32O7. The molecule has 2 aliphatic heterocycles. The number of ether oxygens (including phenoxy) is 3. The van der Waals surface area contributed by atoms with Crippen LogP contribution in [-0.4, -0.2) is 43.1 Å². The minimum atomic E-state index is -0.900. The van der Waals surface area contributed by atoms with Gasteiger partial charge in [-0.1, -0.05) is 19.4 Å². The van der Waals surface area contributed by atoms with Crippen LogP contribution >= 0.6 is 0 Å².